The van der Waals surface area contributed by atoms with Crippen LogP contribution in [0, 0.1) is 12.8 Å². The van der Waals surface area contributed by atoms with Crippen molar-refractivity contribution in [3.8, 4) is 5.75 Å². The first-order valence-corrected chi connectivity index (χ1v) is 11.6. The Hall–Kier alpha value is -3.41. The Labute approximate surface area is 194 Å². The molecule has 0 amide bonds. The van der Waals surface area contributed by atoms with E-state index in [0.29, 0.717) is 30.9 Å². The van der Waals surface area contributed by atoms with Gasteiger partial charge in [0.25, 0.3) is 0 Å². The van der Waals surface area contributed by atoms with Crippen molar-refractivity contribution in [3.63, 3.8) is 0 Å². The third-order valence-corrected chi connectivity index (χ3v) is 6.02. The molecular weight excluding hydrogens is 416 g/mol. The second kappa shape index (κ2) is 10.0. The Morgan fingerprint density at radius 1 is 1.09 bits per heavy atom. The summed E-state index contributed by atoms with van der Waals surface area (Å²) < 4.78 is 10.8. The lowest BCUT2D eigenvalue weighted by Gasteiger charge is -2.35. The first-order chi connectivity index (χ1) is 16.0. The molecule has 0 bridgehead atoms. The van der Waals surface area contributed by atoms with E-state index in [-0.39, 0.29) is 17.7 Å². The number of esters is 1. The van der Waals surface area contributed by atoms with Crippen LogP contribution in [0.5, 0.6) is 5.75 Å². The molecule has 6 heteroatoms. The van der Waals surface area contributed by atoms with Crippen molar-refractivity contribution in [1.82, 2.24) is 4.98 Å². The van der Waals surface area contributed by atoms with Gasteiger partial charge in [-0.25, -0.2) is 0 Å². The van der Waals surface area contributed by atoms with Gasteiger partial charge in [0.2, 0.25) is 0 Å². The molecule has 0 N–H and O–H groups in total. The normalized spacial score (nSPS) is 16.0. The third kappa shape index (κ3) is 4.85. The van der Waals surface area contributed by atoms with Crippen LogP contribution in [0.15, 0.2) is 48.7 Å². The Kier molecular flexibility index (Phi) is 6.92. The van der Waals surface area contributed by atoms with Gasteiger partial charge >= 0.3 is 5.97 Å². The van der Waals surface area contributed by atoms with Gasteiger partial charge in [0.1, 0.15) is 5.75 Å². The predicted octanol–water partition coefficient (Wildman–Crippen LogP) is 4.95. The summed E-state index contributed by atoms with van der Waals surface area (Å²) in [5, 5.41) is 0.927. The number of nitrogens with zero attached hydrogens (tertiary/aromatic N) is 2. The maximum atomic E-state index is 13.6. The van der Waals surface area contributed by atoms with E-state index in [1.54, 1.807) is 18.3 Å². The summed E-state index contributed by atoms with van der Waals surface area (Å²) in [5.74, 6) is 0.258. The van der Waals surface area contributed by atoms with E-state index >= 15 is 0 Å². The molecule has 1 unspecified atom stereocenters. The third-order valence-electron chi connectivity index (χ3n) is 6.02. The van der Waals surface area contributed by atoms with E-state index in [0.717, 1.165) is 47.3 Å². The number of fused-ring (bicyclic) bond motifs is 1. The van der Waals surface area contributed by atoms with E-state index in [2.05, 4.69) is 16.0 Å². The monoisotopic (exact) mass is 446 g/mol. The zero-order valence-corrected chi connectivity index (χ0v) is 19.5. The Morgan fingerprint density at radius 2 is 1.88 bits per heavy atom. The maximum absolute atomic E-state index is 13.6. The van der Waals surface area contributed by atoms with Crippen molar-refractivity contribution in [2.75, 3.05) is 31.2 Å². The van der Waals surface area contributed by atoms with Gasteiger partial charge in [-0.1, -0.05) is 11.6 Å². The highest BCUT2D eigenvalue weighted by atomic mass is 16.5. The van der Waals surface area contributed by atoms with Crippen molar-refractivity contribution in [2.24, 2.45) is 5.92 Å². The average Bonchev–Trinajstić information content (AvgIpc) is 2.83. The molecule has 2 aromatic carbocycles. The van der Waals surface area contributed by atoms with Crippen LogP contribution in [-0.4, -0.2) is 43.0 Å². The minimum Gasteiger partial charge on any atom is -0.494 e. The summed E-state index contributed by atoms with van der Waals surface area (Å²) >= 11 is 0. The Balaban J connectivity index is 1.78. The Bertz CT molecular complexity index is 1160. The van der Waals surface area contributed by atoms with Crippen LogP contribution in [0.4, 0.5) is 5.69 Å². The average molecular weight is 447 g/mol. The number of ketones is 1. The summed E-state index contributed by atoms with van der Waals surface area (Å²) in [7, 11) is 0. The number of carbonyl (C=O) groups is 2. The number of aromatic nitrogens is 1. The van der Waals surface area contributed by atoms with Crippen LogP contribution in [0.25, 0.3) is 10.9 Å². The first kappa shape index (κ1) is 22.8. The lowest BCUT2D eigenvalue weighted by Crippen LogP contribution is -2.40. The molecule has 0 radical (unpaired) electrons. The summed E-state index contributed by atoms with van der Waals surface area (Å²) in [6, 6.07) is 13.3. The van der Waals surface area contributed by atoms with E-state index in [4.69, 9.17) is 9.47 Å². The van der Waals surface area contributed by atoms with Gasteiger partial charge in [0.05, 0.1) is 35.9 Å². The van der Waals surface area contributed by atoms with E-state index in [9.17, 15) is 9.59 Å². The van der Waals surface area contributed by atoms with Gasteiger partial charge in [-0.05, 0) is 70.0 Å². The summed E-state index contributed by atoms with van der Waals surface area (Å²) in [4.78, 5) is 32.9. The van der Waals surface area contributed by atoms with E-state index < -0.39 is 0 Å². The molecule has 1 aromatic heterocycles. The largest absolute Gasteiger partial charge is 0.494 e. The minimum atomic E-state index is -0.208. The van der Waals surface area contributed by atoms with Crippen molar-refractivity contribution in [3.05, 3.63) is 65.4 Å². The molecule has 4 rings (SSSR count). The highest BCUT2D eigenvalue weighted by Crippen LogP contribution is 2.35. The minimum absolute atomic E-state index is 0.0952. The highest BCUT2D eigenvalue weighted by Gasteiger charge is 2.30. The highest BCUT2D eigenvalue weighted by molar-refractivity contribution is 6.16. The molecule has 6 nitrogen and oxygen atoms in total. The van der Waals surface area contributed by atoms with Crippen LogP contribution in [0.1, 0.15) is 48.2 Å². The SMILES string of the molecule is CCOC(=O)C1CCCN(c2c(C(=O)c3ccc(OCC)cc3)cnc3ccc(C)cc23)C1. The molecule has 1 aliphatic rings. The van der Waals surface area contributed by atoms with Gasteiger partial charge in [-0.3, -0.25) is 14.6 Å². The summed E-state index contributed by atoms with van der Waals surface area (Å²) in [6.45, 7) is 8.02. The van der Waals surface area contributed by atoms with Gasteiger partial charge < -0.3 is 14.4 Å². The van der Waals surface area contributed by atoms with Gasteiger partial charge in [0, 0.05) is 30.2 Å². The fourth-order valence-electron chi connectivity index (χ4n) is 4.46. The summed E-state index contributed by atoms with van der Waals surface area (Å²) in [5.41, 5.74) is 3.89. The van der Waals surface area contributed by atoms with Crippen molar-refractivity contribution < 1.29 is 19.1 Å². The fourth-order valence-corrected chi connectivity index (χ4v) is 4.46. The van der Waals surface area contributed by atoms with Crippen LogP contribution in [-0.2, 0) is 9.53 Å². The molecule has 0 spiro atoms. The molecule has 0 aliphatic carbocycles. The smallest absolute Gasteiger partial charge is 0.310 e. The number of pyridine rings is 1. The van der Waals surface area contributed by atoms with E-state index in [1.165, 1.54) is 0 Å². The van der Waals surface area contributed by atoms with Crippen LogP contribution < -0.4 is 9.64 Å². The van der Waals surface area contributed by atoms with Crippen LogP contribution in [0.2, 0.25) is 0 Å². The van der Waals surface area contributed by atoms with E-state index in [1.807, 2.05) is 45.0 Å². The number of benzene rings is 2. The number of ether oxygens (including phenoxy) is 2. The molecule has 1 atom stereocenters. The number of rotatable bonds is 7. The first-order valence-electron chi connectivity index (χ1n) is 11.6. The molecule has 172 valence electrons. The number of aryl methyl sites for hydroxylation is 1. The zero-order chi connectivity index (χ0) is 23.4. The fraction of sp³-hybridized carbons (Fsp3) is 0.370. The molecule has 33 heavy (non-hydrogen) atoms. The maximum Gasteiger partial charge on any atom is 0.310 e. The number of carbonyl (C=O) groups excluding carboxylic acids is 2. The van der Waals surface area contributed by atoms with Gasteiger partial charge in [-0.15, -0.1) is 0 Å². The van der Waals surface area contributed by atoms with Crippen molar-refractivity contribution in [1.29, 1.82) is 0 Å². The Morgan fingerprint density at radius 3 is 2.61 bits per heavy atom. The molecule has 2 heterocycles. The number of piperidine rings is 1. The molecule has 1 fully saturated rings. The molecular formula is C27H30N2O4. The van der Waals surface area contributed by atoms with Crippen LogP contribution in [0.3, 0.4) is 0 Å². The second-order valence-corrected chi connectivity index (χ2v) is 8.36. The number of hydrogen-bond donors (Lipinski definition) is 0. The van der Waals surface area contributed by atoms with Gasteiger partial charge in [-0.2, -0.15) is 0 Å². The topological polar surface area (TPSA) is 68.7 Å². The van der Waals surface area contributed by atoms with Crippen molar-refractivity contribution in [2.45, 2.75) is 33.6 Å². The molecule has 0 saturated carbocycles. The second-order valence-electron chi connectivity index (χ2n) is 8.36. The predicted molar refractivity (Wildman–Crippen MR) is 129 cm³/mol. The van der Waals surface area contributed by atoms with Crippen LogP contribution >= 0.6 is 0 Å². The zero-order valence-electron chi connectivity index (χ0n) is 19.5. The lowest BCUT2D eigenvalue weighted by atomic mass is 9.94. The molecule has 3 aromatic rings. The van der Waals surface area contributed by atoms with Gasteiger partial charge in [0.15, 0.2) is 5.78 Å². The molecule has 1 saturated heterocycles. The number of anilines is 1. The standard InChI is InChI=1S/C27H30N2O4/c1-4-32-21-11-9-19(10-12-21)26(30)23-16-28-24-13-8-18(3)15-22(24)25(23)29-14-6-7-20(17-29)27(31)33-5-2/h8-13,15-16,20H,4-7,14,17H2,1-3H3. The molecule has 1 aliphatic heterocycles. The summed E-state index contributed by atoms with van der Waals surface area (Å²) in [6.07, 6.45) is 3.31. The number of hydrogen-bond acceptors (Lipinski definition) is 6. The lowest BCUT2D eigenvalue weighted by molar-refractivity contribution is -0.148. The quantitative estimate of drug-likeness (QED) is 0.378. The van der Waals surface area contributed by atoms with Crippen molar-refractivity contribution >= 4 is 28.3 Å².